The van der Waals surface area contributed by atoms with Crippen molar-refractivity contribution in [1.29, 1.82) is 0 Å². The fourth-order valence-electron chi connectivity index (χ4n) is 1.89. The van der Waals surface area contributed by atoms with Gasteiger partial charge in [-0.25, -0.2) is 9.97 Å². The summed E-state index contributed by atoms with van der Waals surface area (Å²) < 4.78 is 0. The molecule has 100 valence electrons. The quantitative estimate of drug-likeness (QED) is 0.863. The number of hydrogen-bond donors (Lipinski definition) is 2. The molecule has 4 heteroatoms. The minimum atomic E-state index is 0.769. The third kappa shape index (κ3) is 3.68. The van der Waals surface area contributed by atoms with Gasteiger partial charge in [0.05, 0.1) is 0 Å². The SMILES string of the molecule is CCc1nc(NC)cc(NCc2cccc(C)c2)n1. The zero-order valence-electron chi connectivity index (χ0n) is 11.7. The van der Waals surface area contributed by atoms with Crippen LogP contribution in [0.4, 0.5) is 11.6 Å². The summed E-state index contributed by atoms with van der Waals surface area (Å²) in [5.74, 6) is 2.55. The first-order chi connectivity index (χ1) is 9.21. The lowest BCUT2D eigenvalue weighted by Crippen LogP contribution is -2.06. The van der Waals surface area contributed by atoms with Crippen molar-refractivity contribution < 1.29 is 0 Å². The van der Waals surface area contributed by atoms with Crippen LogP contribution in [0.2, 0.25) is 0 Å². The highest BCUT2D eigenvalue weighted by molar-refractivity contribution is 5.47. The van der Waals surface area contributed by atoms with Crippen LogP contribution >= 0.6 is 0 Å². The molecule has 1 heterocycles. The first kappa shape index (κ1) is 13.3. The van der Waals surface area contributed by atoms with E-state index < -0.39 is 0 Å². The fourth-order valence-corrected chi connectivity index (χ4v) is 1.89. The van der Waals surface area contributed by atoms with E-state index in [9.17, 15) is 0 Å². The van der Waals surface area contributed by atoms with Crippen LogP contribution < -0.4 is 10.6 Å². The van der Waals surface area contributed by atoms with E-state index in [0.717, 1.165) is 30.4 Å². The number of anilines is 2. The van der Waals surface area contributed by atoms with Gasteiger partial charge in [-0.05, 0) is 12.5 Å². The van der Waals surface area contributed by atoms with Gasteiger partial charge in [0, 0.05) is 26.1 Å². The summed E-state index contributed by atoms with van der Waals surface area (Å²) >= 11 is 0. The van der Waals surface area contributed by atoms with Gasteiger partial charge in [0.1, 0.15) is 17.5 Å². The molecule has 0 unspecified atom stereocenters. The molecule has 2 rings (SSSR count). The lowest BCUT2D eigenvalue weighted by atomic mass is 10.1. The van der Waals surface area contributed by atoms with Gasteiger partial charge in [0.2, 0.25) is 0 Å². The van der Waals surface area contributed by atoms with Gasteiger partial charge in [0.25, 0.3) is 0 Å². The molecule has 1 aromatic carbocycles. The maximum Gasteiger partial charge on any atom is 0.132 e. The summed E-state index contributed by atoms with van der Waals surface area (Å²) in [6.45, 7) is 4.92. The highest BCUT2D eigenvalue weighted by Gasteiger charge is 2.02. The summed E-state index contributed by atoms with van der Waals surface area (Å²) in [6.07, 6.45) is 0.828. The van der Waals surface area contributed by atoms with Crippen LogP contribution in [0.25, 0.3) is 0 Å². The lowest BCUT2D eigenvalue weighted by molar-refractivity contribution is 0.934. The Morgan fingerprint density at radius 3 is 2.58 bits per heavy atom. The Bertz CT molecular complexity index is 529. The average molecular weight is 256 g/mol. The smallest absolute Gasteiger partial charge is 0.132 e. The molecule has 0 aliphatic carbocycles. The molecule has 0 saturated carbocycles. The van der Waals surface area contributed by atoms with Crippen molar-refractivity contribution in [1.82, 2.24) is 9.97 Å². The van der Waals surface area contributed by atoms with Crippen molar-refractivity contribution in [2.75, 3.05) is 17.7 Å². The second-order valence-corrected chi connectivity index (χ2v) is 4.50. The summed E-state index contributed by atoms with van der Waals surface area (Å²) in [7, 11) is 1.87. The number of nitrogens with zero attached hydrogens (tertiary/aromatic N) is 2. The molecule has 0 bridgehead atoms. The Kier molecular flexibility index (Phi) is 4.34. The normalized spacial score (nSPS) is 10.3. The van der Waals surface area contributed by atoms with Gasteiger partial charge < -0.3 is 10.6 Å². The van der Waals surface area contributed by atoms with E-state index in [-0.39, 0.29) is 0 Å². The van der Waals surface area contributed by atoms with Crippen LogP contribution in [-0.2, 0) is 13.0 Å². The molecule has 19 heavy (non-hydrogen) atoms. The zero-order chi connectivity index (χ0) is 13.7. The second kappa shape index (κ2) is 6.18. The molecule has 0 atom stereocenters. The minimum absolute atomic E-state index is 0.769. The van der Waals surface area contributed by atoms with E-state index in [1.54, 1.807) is 0 Å². The summed E-state index contributed by atoms with van der Waals surface area (Å²) in [5, 5.41) is 6.40. The standard InChI is InChI=1S/C15H20N4/c1-4-13-18-14(16-3)9-15(19-13)17-10-12-7-5-6-11(2)8-12/h5-9H,4,10H2,1-3H3,(H2,16,17,18,19). The highest BCUT2D eigenvalue weighted by atomic mass is 15.1. The van der Waals surface area contributed by atoms with Crippen molar-refractivity contribution in [2.24, 2.45) is 0 Å². The van der Waals surface area contributed by atoms with Crippen LogP contribution in [0.5, 0.6) is 0 Å². The van der Waals surface area contributed by atoms with Crippen LogP contribution in [0, 0.1) is 6.92 Å². The van der Waals surface area contributed by atoms with Gasteiger partial charge >= 0.3 is 0 Å². The van der Waals surface area contributed by atoms with Crippen LogP contribution in [-0.4, -0.2) is 17.0 Å². The first-order valence-electron chi connectivity index (χ1n) is 6.56. The summed E-state index contributed by atoms with van der Waals surface area (Å²) in [5.41, 5.74) is 2.52. The molecule has 1 aromatic heterocycles. The van der Waals surface area contributed by atoms with Crippen molar-refractivity contribution in [3.63, 3.8) is 0 Å². The molecule has 0 aliphatic rings. The first-order valence-corrected chi connectivity index (χ1v) is 6.56. The predicted molar refractivity (Wildman–Crippen MR) is 79.5 cm³/mol. The van der Waals surface area contributed by atoms with E-state index in [0.29, 0.717) is 0 Å². The molecule has 2 N–H and O–H groups in total. The Morgan fingerprint density at radius 2 is 1.89 bits per heavy atom. The fraction of sp³-hybridized carbons (Fsp3) is 0.333. The molecule has 0 saturated heterocycles. The summed E-state index contributed by atoms with van der Waals surface area (Å²) in [4.78, 5) is 8.85. The number of aromatic nitrogens is 2. The topological polar surface area (TPSA) is 49.8 Å². The lowest BCUT2D eigenvalue weighted by Gasteiger charge is -2.09. The second-order valence-electron chi connectivity index (χ2n) is 4.50. The highest BCUT2D eigenvalue weighted by Crippen LogP contribution is 2.13. The van der Waals surface area contributed by atoms with Gasteiger partial charge in [-0.15, -0.1) is 0 Å². The molecule has 0 aliphatic heterocycles. The third-order valence-electron chi connectivity index (χ3n) is 2.90. The maximum absolute atomic E-state index is 4.48. The summed E-state index contributed by atoms with van der Waals surface area (Å²) in [6, 6.07) is 10.4. The van der Waals surface area contributed by atoms with Crippen LogP contribution in [0.15, 0.2) is 30.3 Å². The molecule has 0 fully saturated rings. The van der Waals surface area contributed by atoms with Crippen molar-refractivity contribution in [3.05, 3.63) is 47.3 Å². The van der Waals surface area contributed by atoms with E-state index in [1.165, 1.54) is 11.1 Å². The average Bonchev–Trinajstić information content (AvgIpc) is 2.44. The van der Waals surface area contributed by atoms with Crippen molar-refractivity contribution in [3.8, 4) is 0 Å². The zero-order valence-corrected chi connectivity index (χ0v) is 11.7. The van der Waals surface area contributed by atoms with Crippen LogP contribution in [0.1, 0.15) is 23.9 Å². The van der Waals surface area contributed by atoms with Gasteiger partial charge in [-0.2, -0.15) is 0 Å². The number of nitrogens with one attached hydrogen (secondary N) is 2. The molecule has 2 aromatic rings. The molecule has 0 amide bonds. The third-order valence-corrected chi connectivity index (χ3v) is 2.90. The van der Waals surface area contributed by atoms with Crippen LogP contribution in [0.3, 0.4) is 0 Å². The van der Waals surface area contributed by atoms with Crippen molar-refractivity contribution in [2.45, 2.75) is 26.8 Å². The van der Waals surface area contributed by atoms with E-state index in [4.69, 9.17) is 0 Å². The molecule has 0 radical (unpaired) electrons. The maximum atomic E-state index is 4.48. The largest absolute Gasteiger partial charge is 0.373 e. The Labute approximate surface area is 114 Å². The van der Waals surface area contributed by atoms with Crippen molar-refractivity contribution >= 4 is 11.6 Å². The minimum Gasteiger partial charge on any atom is -0.373 e. The van der Waals surface area contributed by atoms with E-state index in [2.05, 4.69) is 58.7 Å². The molecular formula is C15H20N4. The number of benzene rings is 1. The number of hydrogen-bond acceptors (Lipinski definition) is 4. The number of rotatable bonds is 5. The van der Waals surface area contributed by atoms with E-state index >= 15 is 0 Å². The molecule has 4 nitrogen and oxygen atoms in total. The monoisotopic (exact) mass is 256 g/mol. The van der Waals surface area contributed by atoms with Gasteiger partial charge in [0.15, 0.2) is 0 Å². The van der Waals surface area contributed by atoms with Gasteiger partial charge in [-0.3, -0.25) is 0 Å². The Hall–Kier alpha value is -2.10. The molecule has 0 spiro atoms. The number of aryl methyl sites for hydroxylation is 2. The van der Waals surface area contributed by atoms with Gasteiger partial charge in [-0.1, -0.05) is 36.8 Å². The Morgan fingerprint density at radius 1 is 1.11 bits per heavy atom. The Balaban J connectivity index is 2.10. The predicted octanol–water partition coefficient (Wildman–Crippen LogP) is 3.00. The van der Waals surface area contributed by atoms with E-state index in [1.807, 2.05) is 13.1 Å². The molecular weight excluding hydrogens is 236 g/mol.